The lowest BCUT2D eigenvalue weighted by atomic mass is 10.0. The Bertz CT molecular complexity index is 1350. The fourth-order valence-electron chi connectivity index (χ4n) is 2.80. The maximum absolute atomic E-state index is 14.4. The molecule has 0 unspecified atom stereocenters. The quantitative estimate of drug-likeness (QED) is 0.284. The van der Waals surface area contributed by atoms with Gasteiger partial charge in [-0.05, 0) is 23.8 Å². The highest BCUT2D eigenvalue weighted by Crippen LogP contribution is 2.35. The zero-order valence-corrected chi connectivity index (χ0v) is 17.9. The van der Waals surface area contributed by atoms with Crippen LogP contribution in [0.1, 0.15) is 5.56 Å². The summed E-state index contributed by atoms with van der Waals surface area (Å²) in [5, 5.41) is -0.529. The summed E-state index contributed by atoms with van der Waals surface area (Å²) in [5.74, 6) is -10.2. The molecule has 1 N–H and O–H groups in total. The number of benzene rings is 3. The van der Waals surface area contributed by atoms with Crippen molar-refractivity contribution in [3.63, 3.8) is 0 Å². The topological polar surface area (TPSA) is 63.2 Å². The standard InChI is InChI=1S/C20H10Cl2F5NO3S/c21-11-4-2-1-3-9(11)5-17(29)28-32(30,31)16-6-10(13(23)7-12(16)22)18-14(24)8-15(25)19(26)20(18)27/h1-4,6-8H,5H2,(H,28,29). The van der Waals surface area contributed by atoms with Gasteiger partial charge in [0.05, 0.1) is 17.0 Å². The van der Waals surface area contributed by atoms with E-state index in [0.717, 1.165) is 0 Å². The van der Waals surface area contributed by atoms with Gasteiger partial charge in [-0.3, -0.25) is 4.79 Å². The molecule has 12 heteroatoms. The first-order valence-corrected chi connectivity index (χ1v) is 10.8. The highest BCUT2D eigenvalue weighted by atomic mass is 35.5. The molecule has 0 spiro atoms. The van der Waals surface area contributed by atoms with Gasteiger partial charge in [0, 0.05) is 16.7 Å². The van der Waals surface area contributed by atoms with Crippen molar-refractivity contribution in [2.24, 2.45) is 0 Å². The van der Waals surface area contributed by atoms with Gasteiger partial charge in [-0.1, -0.05) is 41.4 Å². The van der Waals surface area contributed by atoms with Crippen LogP contribution < -0.4 is 4.72 Å². The lowest BCUT2D eigenvalue weighted by Crippen LogP contribution is -2.32. The minimum atomic E-state index is -4.77. The molecule has 0 saturated heterocycles. The Kier molecular flexibility index (Phi) is 6.77. The molecule has 32 heavy (non-hydrogen) atoms. The molecule has 0 heterocycles. The van der Waals surface area contributed by atoms with Crippen molar-refractivity contribution in [3.05, 3.63) is 87.2 Å². The van der Waals surface area contributed by atoms with Gasteiger partial charge in [0.2, 0.25) is 5.91 Å². The van der Waals surface area contributed by atoms with Gasteiger partial charge >= 0.3 is 0 Å². The molecule has 0 aliphatic heterocycles. The van der Waals surface area contributed by atoms with Gasteiger partial charge in [0.15, 0.2) is 17.5 Å². The molecule has 0 aliphatic carbocycles. The Hall–Kier alpha value is -2.69. The molecule has 0 aliphatic rings. The van der Waals surface area contributed by atoms with Gasteiger partial charge in [-0.2, -0.15) is 0 Å². The second-order valence-corrected chi connectivity index (χ2v) is 8.87. The van der Waals surface area contributed by atoms with Gasteiger partial charge in [0.25, 0.3) is 10.0 Å². The third-order valence-corrected chi connectivity index (χ3v) is 6.46. The van der Waals surface area contributed by atoms with E-state index in [1.807, 2.05) is 0 Å². The number of carbonyl (C=O) groups excluding carboxylic acids is 1. The minimum Gasteiger partial charge on any atom is -0.274 e. The van der Waals surface area contributed by atoms with Crippen LogP contribution in [0.25, 0.3) is 11.1 Å². The van der Waals surface area contributed by atoms with Gasteiger partial charge < -0.3 is 0 Å². The Balaban J connectivity index is 2.03. The summed E-state index contributed by atoms with van der Waals surface area (Å²) >= 11 is 11.7. The van der Waals surface area contributed by atoms with Crippen LogP contribution in [-0.2, 0) is 21.2 Å². The molecule has 3 aromatic rings. The molecule has 0 aromatic heterocycles. The third-order valence-electron chi connectivity index (χ3n) is 4.25. The fourth-order valence-corrected chi connectivity index (χ4v) is 4.52. The summed E-state index contributed by atoms with van der Waals surface area (Å²) in [6.07, 6.45) is -0.447. The number of rotatable bonds is 5. The lowest BCUT2D eigenvalue weighted by Gasteiger charge is -2.13. The Labute approximate surface area is 188 Å². The second kappa shape index (κ2) is 9.05. The minimum absolute atomic E-state index is 0.0264. The fraction of sp³-hybridized carbons (Fsp3) is 0.0500. The van der Waals surface area contributed by atoms with Crippen LogP contribution in [0.15, 0.2) is 47.4 Å². The van der Waals surface area contributed by atoms with Gasteiger partial charge in [-0.25, -0.2) is 35.1 Å². The van der Waals surface area contributed by atoms with Gasteiger partial charge in [-0.15, -0.1) is 0 Å². The Morgan fingerprint density at radius 1 is 0.844 bits per heavy atom. The van der Waals surface area contributed by atoms with Crippen molar-refractivity contribution in [3.8, 4) is 11.1 Å². The number of carbonyl (C=O) groups is 1. The second-order valence-electron chi connectivity index (χ2n) is 6.40. The van der Waals surface area contributed by atoms with E-state index in [4.69, 9.17) is 23.2 Å². The smallest absolute Gasteiger partial charge is 0.265 e. The molecule has 1 amide bonds. The Morgan fingerprint density at radius 2 is 1.50 bits per heavy atom. The van der Waals surface area contributed by atoms with E-state index in [9.17, 15) is 35.2 Å². The van der Waals surface area contributed by atoms with E-state index >= 15 is 0 Å². The maximum Gasteiger partial charge on any atom is 0.265 e. The molecular weight excluding hydrogens is 500 g/mol. The molecule has 4 nitrogen and oxygen atoms in total. The van der Waals surface area contributed by atoms with E-state index < -0.39 is 72.5 Å². The van der Waals surface area contributed by atoms with Crippen LogP contribution in [0.2, 0.25) is 10.0 Å². The Morgan fingerprint density at radius 3 is 2.16 bits per heavy atom. The van der Waals surface area contributed by atoms with Crippen LogP contribution in [-0.4, -0.2) is 14.3 Å². The van der Waals surface area contributed by atoms with Crippen molar-refractivity contribution in [2.45, 2.75) is 11.3 Å². The van der Waals surface area contributed by atoms with E-state index in [-0.39, 0.29) is 11.1 Å². The molecular formula is C20H10Cl2F5NO3S. The largest absolute Gasteiger partial charge is 0.274 e. The summed E-state index contributed by atoms with van der Waals surface area (Å²) in [6, 6.07) is 6.90. The summed E-state index contributed by atoms with van der Waals surface area (Å²) in [7, 11) is -4.77. The molecule has 0 saturated carbocycles. The third kappa shape index (κ3) is 4.72. The SMILES string of the molecule is O=C(Cc1ccccc1Cl)NS(=O)(=O)c1cc(-c2c(F)cc(F)c(F)c2F)c(F)cc1Cl. The van der Waals surface area contributed by atoms with Crippen molar-refractivity contribution in [2.75, 3.05) is 0 Å². The monoisotopic (exact) mass is 509 g/mol. The van der Waals surface area contributed by atoms with Crippen molar-refractivity contribution in [1.29, 1.82) is 0 Å². The van der Waals surface area contributed by atoms with Crippen LogP contribution >= 0.6 is 23.2 Å². The number of hydrogen-bond donors (Lipinski definition) is 1. The number of sulfonamides is 1. The van der Waals surface area contributed by atoms with E-state index in [0.29, 0.717) is 17.7 Å². The van der Waals surface area contributed by atoms with Crippen molar-refractivity contribution >= 4 is 39.1 Å². The maximum atomic E-state index is 14.4. The first-order valence-electron chi connectivity index (χ1n) is 8.54. The molecule has 3 rings (SSSR count). The highest BCUT2D eigenvalue weighted by molar-refractivity contribution is 7.90. The van der Waals surface area contributed by atoms with E-state index in [1.54, 1.807) is 16.9 Å². The first kappa shape index (κ1) is 24.0. The molecule has 3 aromatic carbocycles. The summed E-state index contributed by atoms with van der Waals surface area (Å²) < 4.78 is 96.3. The number of hydrogen-bond acceptors (Lipinski definition) is 3. The average molecular weight is 510 g/mol. The van der Waals surface area contributed by atoms with E-state index in [1.165, 1.54) is 12.1 Å². The van der Waals surface area contributed by atoms with Crippen molar-refractivity contribution < 1.29 is 35.2 Å². The number of amides is 1. The highest BCUT2D eigenvalue weighted by Gasteiger charge is 2.28. The molecule has 0 atom stereocenters. The summed E-state index contributed by atoms with van der Waals surface area (Å²) in [5.41, 5.74) is -2.10. The predicted octanol–water partition coefficient (Wildman–Crippen LogP) is 5.40. The zero-order chi connectivity index (χ0) is 23.8. The van der Waals surface area contributed by atoms with Crippen LogP contribution in [0.3, 0.4) is 0 Å². The normalized spacial score (nSPS) is 11.5. The summed E-state index contributed by atoms with van der Waals surface area (Å²) in [6.45, 7) is 0. The zero-order valence-electron chi connectivity index (χ0n) is 15.5. The van der Waals surface area contributed by atoms with Crippen LogP contribution in [0.4, 0.5) is 22.0 Å². The van der Waals surface area contributed by atoms with Crippen molar-refractivity contribution in [1.82, 2.24) is 4.72 Å². The van der Waals surface area contributed by atoms with Crippen LogP contribution in [0, 0.1) is 29.1 Å². The number of nitrogens with one attached hydrogen (secondary N) is 1. The predicted molar refractivity (Wildman–Crippen MR) is 107 cm³/mol. The van der Waals surface area contributed by atoms with E-state index in [2.05, 4.69) is 0 Å². The number of halogens is 7. The summed E-state index contributed by atoms with van der Waals surface area (Å²) in [4.78, 5) is 11.3. The first-order chi connectivity index (χ1) is 14.9. The molecule has 0 fully saturated rings. The van der Waals surface area contributed by atoms with Crippen LogP contribution in [0.5, 0.6) is 0 Å². The lowest BCUT2D eigenvalue weighted by molar-refractivity contribution is -0.118. The average Bonchev–Trinajstić information content (AvgIpc) is 2.69. The molecule has 0 radical (unpaired) electrons. The molecule has 168 valence electrons. The van der Waals surface area contributed by atoms with Gasteiger partial charge in [0.1, 0.15) is 16.5 Å². The molecule has 0 bridgehead atoms.